The molecule has 1 unspecified atom stereocenters. The molecule has 0 saturated heterocycles. The molecule has 0 nitrogen and oxygen atoms in total. The maximum Gasteiger partial charge on any atom is 0.0240 e. The molecule has 1 heteroatoms. The SMILES string of the molecule is CC1=CCC2(CC1)C(C)=CC[C@@H](Br)C2(C)C. The van der Waals surface area contributed by atoms with Crippen LogP contribution in [-0.2, 0) is 0 Å². The second-order valence-corrected chi connectivity index (χ2v) is 7.25. The smallest absolute Gasteiger partial charge is 0.0240 e. The van der Waals surface area contributed by atoms with E-state index in [1.165, 1.54) is 25.7 Å². The maximum absolute atomic E-state index is 3.90. The first-order chi connectivity index (χ1) is 7.40. The summed E-state index contributed by atoms with van der Waals surface area (Å²) in [6, 6.07) is 0. The Bertz CT molecular complexity index is 348. The van der Waals surface area contributed by atoms with Gasteiger partial charge in [0.05, 0.1) is 0 Å². The molecule has 0 aromatic carbocycles. The van der Waals surface area contributed by atoms with Crippen molar-refractivity contribution in [1.29, 1.82) is 0 Å². The fourth-order valence-corrected chi connectivity index (χ4v) is 4.11. The minimum atomic E-state index is 0.364. The Morgan fingerprint density at radius 2 is 1.94 bits per heavy atom. The number of hydrogen-bond donors (Lipinski definition) is 0. The molecule has 0 N–H and O–H groups in total. The van der Waals surface area contributed by atoms with Crippen molar-refractivity contribution in [3.8, 4) is 0 Å². The van der Waals surface area contributed by atoms with Crippen molar-refractivity contribution >= 4 is 15.9 Å². The van der Waals surface area contributed by atoms with Crippen LogP contribution in [0, 0.1) is 10.8 Å². The Balaban J connectivity index is 2.43. The van der Waals surface area contributed by atoms with Gasteiger partial charge in [0.2, 0.25) is 0 Å². The van der Waals surface area contributed by atoms with Crippen molar-refractivity contribution in [2.45, 2.75) is 58.2 Å². The number of hydrogen-bond acceptors (Lipinski definition) is 0. The van der Waals surface area contributed by atoms with E-state index in [4.69, 9.17) is 0 Å². The second kappa shape index (κ2) is 4.01. The molecule has 0 bridgehead atoms. The molecule has 0 radical (unpaired) electrons. The van der Waals surface area contributed by atoms with Crippen LogP contribution in [0.5, 0.6) is 0 Å². The highest BCUT2D eigenvalue weighted by molar-refractivity contribution is 9.09. The average Bonchev–Trinajstić information content (AvgIpc) is 2.24. The van der Waals surface area contributed by atoms with Gasteiger partial charge in [-0.15, -0.1) is 0 Å². The minimum absolute atomic E-state index is 0.364. The van der Waals surface area contributed by atoms with Gasteiger partial charge in [0.15, 0.2) is 0 Å². The molecular weight excluding hydrogens is 260 g/mol. The van der Waals surface area contributed by atoms with E-state index >= 15 is 0 Å². The van der Waals surface area contributed by atoms with E-state index in [1.807, 2.05) is 0 Å². The van der Waals surface area contributed by atoms with E-state index in [-0.39, 0.29) is 0 Å². The predicted molar refractivity (Wildman–Crippen MR) is 74.9 cm³/mol. The normalized spacial score (nSPS) is 38.2. The van der Waals surface area contributed by atoms with E-state index in [0.717, 1.165) is 0 Å². The lowest BCUT2D eigenvalue weighted by Crippen LogP contribution is -2.47. The summed E-state index contributed by atoms with van der Waals surface area (Å²) in [6.45, 7) is 9.50. The average molecular weight is 283 g/mol. The zero-order valence-electron chi connectivity index (χ0n) is 10.9. The topological polar surface area (TPSA) is 0 Å². The predicted octanol–water partition coefficient (Wildman–Crippen LogP) is 5.24. The quantitative estimate of drug-likeness (QED) is 0.421. The van der Waals surface area contributed by atoms with Gasteiger partial charge in [-0.05, 0) is 44.9 Å². The van der Waals surface area contributed by atoms with Gasteiger partial charge in [0, 0.05) is 10.2 Å². The van der Waals surface area contributed by atoms with Gasteiger partial charge in [-0.3, -0.25) is 0 Å². The molecular formula is C15H23Br. The summed E-state index contributed by atoms with van der Waals surface area (Å²) < 4.78 is 0. The molecule has 2 aliphatic carbocycles. The van der Waals surface area contributed by atoms with E-state index in [9.17, 15) is 0 Å². The summed E-state index contributed by atoms with van der Waals surface area (Å²) in [7, 11) is 0. The Morgan fingerprint density at radius 1 is 1.25 bits per heavy atom. The van der Waals surface area contributed by atoms with Gasteiger partial charge in [-0.1, -0.05) is 53.1 Å². The van der Waals surface area contributed by atoms with Crippen LogP contribution in [0.25, 0.3) is 0 Å². The molecule has 2 rings (SSSR count). The van der Waals surface area contributed by atoms with Crippen LogP contribution in [0.4, 0.5) is 0 Å². The lowest BCUT2D eigenvalue weighted by Gasteiger charge is -2.54. The second-order valence-electron chi connectivity index (χ2n) is 6.15. The fourth-order valence-electron chi connectivity index (χ4n) is 3.48. The van der Waals surface area contributed by atoms with Gasteiger partial charge < -0.3 is 0 Å². The van der Waals surface area contributed by atoms with Crippen LogP contribution in [0.15, 0.2) is 23.3 Å². The van der Waals surface area contributed by atoms with Crippen molar-refractivity contribution in [3.05, 3.63) is 23.3 Å². The van der Waals surface area contributed by atoms with Gasteiger partial charge in [-0.2, -0.15) is 0 Å². The third-order valence-electron chi connectivity index (χ3n) is 5.15. The third kappa shape index (κ3) is 1.63. The Kier molecular flexibility index (Phi) is 3.11. The van der Waals surface area contributed by atoms with Crippen LogP contribution in [0.1, 0.15) is 53.4 Å². The first kappa shape index (κ1) is 12.4. The Hall–Kier alpha value is -0.0400. The summed E-state index contributed by atoms with van der Waals surface area (Å²) in [4.78, 5) is 0.621. The highest BCUT2D eigenvalue weighted by Gasteiger charge is 2.51. The molecule has 1 spiro atoms. The molecule has 2 atom stereocenters. The van der Waals surface area contributed by atoms with E-state index < -0.39 is 0 Å². The zero-order chi connectivity index (χ0) is 12.0. The van der Waals surface area contributed by atoms with E-state index in [2.05, 4.69) is 55.8 Å². The lowest BCUT2D eigenvalue weighted by atomic mass is 9.52. The van der Waals surface area contributed by atoms with Crippen LogP contribution >= 0.6 is 15.9 Å². The van der Waals surface area contributed by atoms with Crippen molar-refractivity contribution in [3.63, 3.8) is 0 Å². The number of halogens is 1. The largest absolute Gasteiger partial charge is 0.0881 e. The molecule has 0 aliphatic heterocycles. The summed E-state index contributed by atoms with van der Waals surface area (Å²) in [5.41, 5.74) is 3.96. The molecule has 90 valence electrons. The summed E-state index contributed by atoms with van der Waals surface area (Å²) >= 11 is 3.90. The van der Waals surface area contributed by atoms with E-state index in [1.54, 1.807) is 11.1 Å². The summed E-state index contributed by atoms with van der Waals surface area (Å²) in [5, 5.41) is 0. The van der Waals surface area contributed by atoms with E-state index in [0.29, 0.717) is 15.7 Å². The Labute approximate surface area is 108 Å². The molecule has 0 saturated carbocycles. The van der Waals surface area contributed by atoms with Gasteiger partial charge >= 0.3 is 0 Å². The molecule has 0 heterocycles. The first-order valence-corrected chi connectivity index (χ1v) is 7.29. The number of allylic oxidation sites excluding steroid dienone is 4. The lowest BCUT2D eigenvalue weighted by molar-refractivity contribution is 0.0835. The maximum atomic E-state index is 3.90. The number of alkyl halides is 1. The van der Waals surface area contributed by atoms with Crippen molar-refractivity contribution in [2.75, 3.05) is 0 Å². The minimum Gasteiger partial charge on any atom is -0.0881 e. The molecule has 0 amide bonds. The van der Waals surface area contributed by atoms with Crippen LogP contribution in [0.3, 0.4) is 0 Å². The zero-order valence-corrected chi connectivity index (χ0v) is 12.5. The van der Waals surface area contributed by atoms with Gasteiger partial charge in [-0.25, -0.2) is 0 Å². The standard InChI is InChI=1S/C15H23Br/c1-11-7-9-15(10-8-11)12(2)5-6-13(16)14(15,3)4/h5,7,13H,6,8-10H2,1-4H3/t13-,15?/m1/s1. The highest BCUT2D eigenvalue weighted by atomic mass is 79.9. The monoisotopic (exact) mass is 282 g/mol. The Morgan fingerprint density at radius 3 is 2.50 bits per heavy atom. The van der Waals surface area contributed by atoms with Crippen LogP contribution in [-0.4, -0.2) is 4.83 Å². The molecule has 0 aromatic heterocycles. The third-order valence-corrected chi connectivity index (χ3v) is 6.67. The number of rotatable bonds is 0. The molecule has 16 heavy (non-hydrogen) atoms. The molecule has 2 aliphatic rings. The van der Waals surface area contributed by atoms with Crippen LogP contribution in [0.2, 0.25) is 0 Å². The summed E-state index contributed by atoms with van der Waals surface area (Å²) in [6.07, 6.45) is 9.94. The van der Waals surface area contributed by atoms with Crippen molar-refractivity contribution < 1.29 is 0 Å². The molecule has 0 fully saturated rings. The van der Waals surface area contributed by atoms with Crippen molar-refractivity contribution in [1.82, 2.24) is 0 Å². The van der Waals surface area contributed by atoms with Gasteiger partial charge in [0.25, 0.3) is 0 Å². The van der Waals surface area contributed by atoms with Gasteiger partial charge in [0.1, 0.15) is 0 Å². The fraction of sp³-hybridized carbons (Fsp3) is 0.733. The van der Waals surface area contributed by atoms with Crippen molar-refractivity contribution in [2.24, 2.45) is 10.8 Å². The molecule has 0 aromatic rings. The first-order valence-electron chi connectivity index (χ1n) is 6.37. The highest BCUT2D eigenvalue weighted by Crippen LogP contribution is 2.59. The van der Waals surface area contributed by atoms with Crippen LogP contribution < -0.4 is 0 Å². The summed E-state index contributed by atoms with van der Waals surface area (Å²) in [5.74, 6) is 0.